The summed E-state index contributed by atoms with van der Waals surface area (Å²) >= 11 is 0. The van der Waals surface area contributed by atoms with E-state index in [1.165, 1.54) is 6.42 Å². The molecule has 1 atom stereocenters. The van der Waals surface area contributed by atoms with Crippen LogP contribution in [0.2, 0.25) is 0 Å². The number of rotatable bonds is 7. The topological polar surface area (TPSA) is 45.4 Å². The lowest BCUT2D eigenvalue weighted by atomic mass is 10.1. The van der Waals surface area contributed by atoms with Crippen molar-refractivity contribution in [1.29, 1.82) is 0 Å². The van der Waals surface area contributed by atoms with Crippen molar-refractivity contribution < 1.29 is 9.52 Å². The van der Waals surface area contributed by atoms with E-state index in [1.807, 2.05) is 36.4 Å². The molecule has 1 unspecified atom stereocenters. The van der Waals surface area contributed by atoms with E-state index in [9.17, 15) is 5.11 Å². The van der Waals surface area contributed by atoms with Gasteiger partial charge in [-0.3, -0.25) is 0 Å². The van der Waals surface area contributed by atoms with Crippen LogP contribution in [0.4, 0.5) is 0 Å². The van der Waals surface area contributed by atoms with Crippen LogP contribution >= 0.6 is 12.4 Å². The van der Waals surface area contributed by atoms with Gasteiger partial charge in [0, 0.05) is 5.56 Å². The summed E-state index contributed by atoms with van der Waals surface area (Å²) in [6, 6.07) is 11.8. The normalized spacial score (nSPS) is 12.2. The average Bonchev–Trinajstić information content (AvgIpc) is 2.92. The predicted molar refractivity (Wildman–Crippen MR) is 93.2 cm³/mol. The summed E-state index contributed by atoms with van der Waals surface area (Å²) in [7, 11) is 0. The highest BCUT2D eigenvalue weighted by Gasteiger charge is 2.06. The molecular formula is C18H26ClNO2. The van der Waals surface area contributed by atoms with Gasteiger partial charge in [0.05, 0.1) is 12.6 Å². The number of furan rings is 1. The summed E-state index contributed by atoms with van der Waals surface area (Å²) in [5.41, 5.74) is 1.95. The minimum atomic E-state index is -0.434. The first kappa shape index (κ1) is 18.8. The van der Waals surface area contributed by atoms with Gasteiger partial charge in [-0.15, -0.1) is 12.4 Å². The zero-order chi connectivity index (χ0) is 15.2. The van der Waals surface area contributed by atoms with Crippen molar-refractivity contribution >= 4 is 12.4 Å². The molecule has 4 heteroatoms. The molecule has 122 valence electrons. The van der Waals surface area contributed by atoms with E-state index < -0.39 is 6.10 Å². The van der Waals surface area contributed by atoms with Crippen molar-refractivity contribution in [3.63, 3.8) is 0 Å². The first-order chi connectivity index (χ1) is 10.1. The van der Waals surface area contributed by atoms with E-state index in [2.05, 4.69) is 19.2 Å². The van der Waals surface area contributed by atoms with Crippen LogP contribution in [0.5, 0.6) is 0 Å². The summed E-state index contributed by atoms with van der Waals surface area (Å²) in [5, 5.41) is 12.9. The van der Waals surface area contributed by atoms with E-state index in [4.69, 9.17) is 4.42 Å². The Kier molecular flexibility index (Phi) is 7.66. The monoisotopic (exact) mass is 323 g/mol. The maximum Gasteiger partial charge on any atom is 0.134 e. The van der Waals surface area contributed by atoms with E-state index in [-0.39, 0.29) is 12.4 Å². The molecule has 0 saturated carbocycles. The zero-order valence-corrected chi connectivity index (χ0v) is 14.3. The molecule has 1 heterocycles. The van der Waals surface area contributed by atoms with Crippen LogP contribution in [0.1, 0.15) is 44.6 Å². The molecule has 0 aliphatic rings. The van der Waals surface area contributed by atoms with Gasteiger partial charge < -0.3 is 14.8 Å². The quantitative estimate of drug-likeness (QED) is 0.734. The minimum Gasteiger partial charge on any atom is -0.460 e. The van der Waals surface area contributed by atoms with Crippen LogP contribution in [-0.2, 0) is 6.54 Å². The van der Waals surface area contributed by atoms with Gasteiger partial charge in [0.1, 0.15) is 11.5 Å². The Bertz CT molecular complexity index is 546. The maximum absolute atomic E-state index is 9.52. The van der Waals surface area contributed by atoms with Gasteiger partial charge in [0.15, 0.2) is 0 Å². The van der Waals surface area contributed by atoms with Crippen molar-refractivity contribution in [2.45, 2.75) is 39.8 Å². The van der Waals surface area contributed by atoms with Crippen LogP contribution in [0.15, 0.2) is 40.8 Å². The Morgan fingerprint density at radius 3 is 2.32 bits per heavy atom. The third-order valence-corrected chi connectivity index (χ3v) is 3.54. The standard InChI is InChI=1S/C18H25NO2.ClH/c1-13(2)10-11-19-12-17-8-9-18(21-17)16-6-4-15(5-7-16)14(3)20;/h4-9,13-14,19-20H,10-12H2,1-3H3;1H. The van der Waals surface area contributed by atoms with Gasteiger partial charge >= 0.3 is 0 Å². The first-order valence-electron chi connectivity index (χ1n) is 7.64. The molecule has 3 nitrogen and oxygen atoms in total. The number of aliphatic hydroxyl groups is 1. The molecule has 0 bridgehead atoms. The molecule has 0 amide bonds. The minimum absolute atomic E-state index is 0. The molecule has 0 spiro atoms. The Hall–Kier alpha value is -1.29. The van der Waals surface area contributed by atoms with Crippen LogP contribution < -0.4 is 5.32 Å². The Morgan fingerprint density at radius 2 is 1.73 bits per heavy atom. The highest BCUT2D eigenvalue weighted by Crippen LogP contribution is 2.24. The number of hydrogen-bond donors (Lipinski definition) is 2. The van der Waals surface area contributed by atoms with Crippen LogP contribution in [-0.4, -0.2) is 11.7 Å². The highest BCUT2D eigenvalue weighted by atomic mass is 35.5. The fourth-order valence-electron chi connectivity index (χ4n) is 2.16. The molecule has 0 aliphatic carbocycles. The second kappa shape index (κ2) is 8.99. The second-order valence-corrected chi connectivity index (χ2v) is 5.92. The smallest absolute Gasteiger partial charge is 0.134 e. The number of nitrogens with one attached hydrogen (secondary N) is 1. The number of aliphatic hydroxyl groups excluding tert-OH is 1. The summed E-state index contributed by atoms with van der Waals surface area (Å²) < 4.78 is 5.85. The molecule has 0 saturated heterocycles. The molecule has 0 fully saturated rings. The van der Waals surface area contributed by atoms with Gasteiger partial charge in [-0.05, 0) is 43.5 Å². The molecule has 0 aliphatic heterocycles. The van der Waals surface area contributed by atoms with Gasteiger partial charge in [-0.2, -0.15) is 0 Å². The SMILES string of the molecule is CC(C)CCNCc1ccc(-c2ccc(C(C)O)cc2)o1.Cl. The lowest BCUT2D eigenvalue weighted by Crippen LogP contribution is -2.15. The summed E-state index contributed by atoms with van der Waals surface area (Å²) in [4.78, 5) is 0. The molecule has 2 rings (SSSR count). The van der Waals surface area contributed by atoms with Crippen LogP contribution in [0.25, 0.3) is 11.3 Å². The molecule has 2 aromatic rings. The largest absolute Gasteiger partial charge is 0.460 e. The van der Waals surface area contributed by atoms with Gasteiger partial charge in [-0.25, -0.2) is 0 Å². The van der Waals surface area contributed by atoms with Crippen molar-refractivity contribution in [1.82, 2.24) is 5.32 Å². The molecule has 1 aromatic carbocycles. The van der Waals surface area contributed by atoms with Gasteiger partial charge in [-0.1, -0.05) is 38.1 Å². The Labute approximate surface area is 139 Å². The van der Waals surface area contributed by atoms with E-state index in [0.717, 1.165) is 41.7 Å². The van der Waals surface area contributed by atoms with Crippen molar-refractivity contribution in [3.8, 4) is 11.3 Å². The third-order valence-electron chi connectivity index (χ3n) is 3.54. The first-order valence-corrected chi connectivity index (χ1v) is 7.64. The summed E-state index contributed by atoms with van der Waals surface area (Å²) in [6.45, 7) is 7.99. The van der Waals surface area contributed by atoms with Crippen molar-refractivity contribution in [3.05, 3.63) is 47.7 Å². The van der Waals surface area contributed by atoms with E-state index in [0.29, 0.717) is 0 Å². The van der Waals surface area contributed by atoms with E-state index >= 15 is 0 Å². The fourth-order valence-corrected chi connectivity index (χ4v) is 2.16. The molecule has 22 heavy (non-hydrogen) atoms. The number of benzene rings is 1. The van der Waals surface area contributed by atoms with Gasteiger partial charge in [0.25, 0.3) is 0 Å². The van der Waals surface area contributed by atoms with Crippen molar-refractivity contribution in [2.75, 3.05) is 6.54 Å². The fraction of sp³-hybridized carbons (Fsp3) is 0.444. The molecule has 1 aromatic heterocycles. The summed E-state index contributed by atoms with van der Waals surface area (Å²) in [6.07, 6.45) is 0.741. The van der Waals surface area contributed by atoms with Crippen LogP contribution in [0.3, 0.4) is 0 Å². The Balaban J connectivity index is 0.00000242. The maximum atomic E-state index is 9.52. The molecule has 2 N–H and O–H groups in total. The Morgan fingerprint density at radius 1 is 1.05 bits per heavy atom. The zero-order valence-electron chi connectivity index (χ0n) is 13.5. The third kappa shape index (κ3) is 5.48. The molecular weight excluding hydrogens is 298 g/mol. The highest BCUT2D eigenvalue weighted by molar-refractivity contribution is 5.85. The number of hydrogen-bond acceptors (Lipinski definition) is 3. The molecule has 0 radical (unpaired) electrons. The van der Waals surface area contributed by atoms with Crippen LogP contribution in [0, 0.1) is 5.92 Å². The summed E-state index contributed by atoms with van der Waals surface area (Å²) in [5.74, 6) is 2.54. The van der Waals surface area contributed by atoms with E-state index in [1.54, 1.807) is 6.92 Å². The number of halogens is 1. The predicted octanol–water partition coefficient (Wildman–Crippen LogP) is 4.56. The second-order valence-electron chi connectivity index (χ2n) is 5.92. The lowest BCUT2D eigenvalue weighted by molar-refractivity contribution is 0.199. The average molecular weight is 324 g/mol. The van der Waals surface area contributed by atoms with Crippen molar-refractivity contribution in [2.24, 2.45) is 5.92 Å². The lowest BCUT2D eigenvalue weighted by Gasteiger charge is -2.06. The van der Waals surface area contributed by atoms with Gasteiger partial charge in [0.2, 0.25) is 0 Å².